The van der Waals surface area contributed by atoms with Crippen molar-refractivity contribution >= 4 is 17.6 Å². The van der Waals surface area contributed by atoms with Gasteiger partial charge in [0, 0.05) is 17.4 Å². The molecule has 1 heterocycles. The zero-order valence-electron chi connectivity index (χ0n) is 20.0. The lowest BCUT2D eigenvalue weighted by Gasteiger charge is -2.39. The summed E-state index contributed by atoms with van der Waals surface area (Å²) >= 11 is 0. The highest BCUT2D eigenvalue weighted by molar-refractivity contribution is 5.75. The van der Waals surface area contributed by atoms with Crippen LogP contribution in [0.4, 0.5) is 24.8 Å². The van der Waals surface area contributed by atoms with Gasteiger partial charge >= 0.3 is 12.1 Å². The number of carbonyl (C=O) groups is 1. The molecule has 1 aliphatic rings. The van der Waals surface area contributed by atoms with Crippen molar-refractivity contribution in [1.82, 2.24) is 9.97 Å². The number of aliphatic carboxylic acids is 1. The van der Waals surface area contributed by atoms with Gasteiger partial charge in [0.25, 0.3) is 0 Å². The van der Waals surface area contributed by atoms with E-state index in [0.717, 1.165) is 29.0 Å². The zero-order chi connectivity index (χ0) is 26.1. The molecule has 4 rings (SSSR count). The average Bonchev–Trinajstić information content (AvgIpc) is 2.84. The van der Waals surface area contributed by atoms with Crippen molar-refractivity contribution in [3.8, 4) is 11.1 Å². The molecular weight excluding hydrogens is 471 g/mol. The lowest BCUT2D eigenvalue weighted by Crippen LogP contribution is -2.37. The molecule has 0 aliphatic heterocycles. The molecule has 3 N–H and O–H groups in total. The van der Waals surface area contributed by atoms with Crippen LogP contribution in [-0.4, -0.2) is 26.2 Å². The van der Waals surface area contributed by atoms with E-state index in [0.29, 0.717) is 36.9 Å². The summed E-state index contributed by atoms with van der Waals surface area (Å²) in [7, 11) is 0. The molecule has 0 spiro atoms. The number of nitrogens with one attached hydrogen (secondary N) is 1. The Morgan fingerprint density at radius 3 is 2.31 bits per heavy atom. The second kappa shape index (κ2) is 9.89. The SMILES string of the molecule is Cc1cc(-c2ccccc2)cc(Nc2nccc(C(F)(F)F)n2)c1C(C)(O)C1CCC(C(=O)O)CC1. The van der Waals surface area contributed by atoms with Crippen molar-refractivity contribution in [2.75, 3.05) is 5.32 Å². The van der Waals surface area contributed by atoms with Gasteiger partial charge in [-0.3, -0.25) is 4.79 Å². The van der Waals surface area contributed by atoms with E-state index < -0.39 is 29.4 Å². The normalized spacial score (nSPS) is 19.9. The van der Waals surface area contributed by atoms with Gasteiger partial charge in [-0.1, -0.05) is 36.4 Å². The van der Waals surface area contributed by atoms with E-state index >= 15 is 0 Å². The number of halogens is 3. The van der Waals surface area contributed by atoms with Crippen molar-refractivity contribution in [2.45, 2.75) is 51.3 Å². The molecule has 1 aromatic heterocycles. The second-order valence-corrected chi connectivity index (χ2v) is 9.50. The Kier molecular flexibility index (Phi) is 7.04. The smallest absolute Gasteiger partial charge is 0.433 e. The summed E-state index contributed by atoms with van der Waals surface area (Å²) < 4.78 is 39.8. The number of aryl methyl sites for hydroxylation is 1. The van der Waals surface area contributed by atoms with Gasteiger partial charge in [-0.2, -0.15) is 13.2 Å². The Hall–Kier alpha value is -3.46. The number of carboxylic acid groups (broad SMARTS) is 1. The molecule has 1 saturated carbocycles. The van der Waals surface area contributed by atoms with Crippen LogP contribution in [0.15, 0.2) is 54.7 Å². The van der Waals surface area contributed by atoms with Crippen LogP contribution in [0.25, 0.3) is 11.1 Å². The number of aromatic nitrogens is 2. The summed E-state index contributed by atoms with van der Waals surface area (Å²) in [5, 5.41) is 24.1. The molecule has 0 saturated heterocycles. The maximum Gasteiger partial charge on any atom is 0.433 e. The van der Waals surface area contributed by atoms with Gasteiger partial charge in [0.1, 0.15) is 5.69 Å². The van der Waals surface area contributed by atoms with Crippen LogP contribution >= 0.6 is 0 Å². The summed E-state index contributed by atoms with van der Waals surface area (Å²) in [6, 6.07) is 14.0. The third-order valence-corrected chi connectivity index (χ3v) is 7.01. The van der Waals surface area contributed by atoms with Crippen molar-refractivity contribution in [2.24, 2.45) is 11.8 Å². The van der Waals surface area contributed by atoms with Crippen molar-refractivity contribution in [3.63, 3.8) is 0 Å². The second-order valence-electron chi connectivity index (χ2n) is 9.50. The van der Waals surface area contributed by atoms with Gasteiger partial charge < -0.3 is 15.5 Å². The molecule has 3 aromatic rings. The first-order valence-electron chi connectivity index (χ1n) is 11.8. The Balaban J connectivity index is 1.78. The number of hydrogen-bond acceptors (Lipinski definition) is 5. The fourth-order valence-corrected chi connectivity index (χ4v) is 5.16. The minimum Gasteiger partial charge on any atom is -0.481 e. The summed E-state index contributed by atoms with van der Waals surface area (Å²) in [6.07, 6.45) is -1.64. The van der Waals surface area contributed by atoms with E-state index in [9.17, 15) is 28.2 Å². The third-order valence-electron chi connectivity index (χ3n) is 7.01. The molecule has 36 heavy (non-hydrogen) atoms. The number of benzene rings is 2. The van der Waals surface area contributed by atoms with E-state index in [1.165, 1.54) is 0 Å². The lowest BCUT2D eigenvalue weighted by atomic mass is 9.70. The van der Waals surface area contributed by atoms with Crippen LogP contribution in [-0.2, 0) is 16.6 Å². The molecule has 0 bridgehead atoms. The zero-order valence-corrected chi connectivity index (χ0v) is 20.0. The molecule has 1 atom stereocenters. The van der Waals surface area contributed by atoms with Gasteiger partial charge in [0.05, 0.1) is 11.5 Å². The molecule has 9 heteroatoms. The number of anilines is 2. The number of hydrogen-bond donors (Lipinski definition) is 3. The summed E-state index contributed by atoms with van der Waals surface area (Å²) in [6.45, 7) is 3.53. The molecule has 2 aromatic carbocycles. The number of aliphatic hydroxyl groups is 1. The van der Waals surface area contributed by atoms with Gasteiger partial charge in [-0.15, -0.1) is 0 Å². The van der Waals surface area contributed by atoms with E-state index in [1.807, 2.05) is 43.3 Å². The van der Waals surface area contributed by atoms with Gasteiger partial charge in [-0.25, -0.2) is 9.97 Å². The molecule has 0 radical (unpaired) electrons. The Morgan fingerprint density at radius 1 is 1.03 bits per heavy atom. The van der Waals surface area contributed by atoms with Crippen molar-refractivity contribution in [1.29, 1.82) is 0 Å². The summed E-state index contributed by atoms with van der Waals surface area (Å²) in [5.41, 5.74) is 0.957. The standard InChI is InChI=1S/C27H28F3N3O3/c1-16-14-19(17-6-4-3-5-7-17)15-21(32-25-31-13-12-22(33-25)27(28,29)30)23(16)26(2,36)20-10-8-18(9-11-20)24(34)35/h3-7,12-15,18,20,36H,8-11H2,1-2H3,(H,34,35)(H,31,32,33). The van der Waals surface area contributed by atoms with Crippen molar-refractivity contribution < 1.29 is 28.2 Å². The Bertz CT molecular complexity index is 1240. The number of alkyl halides is 3. The highest BCUT2D eigenvalue weighted by atomic mass is 19.4. The molecule has 1 unspecified atom stereocenters. The molecule has 1 aliphatic carbocycles. The maximum absolute atomic E-state index is 13.3. The fourth-order valence-electron chi connectivity index (χ4n) is 5.16. The average molecular weight is 500 g/mol. The quantitative estimate of drug-likeness (QED) is 0.368. The van der Waals surface area contributed by atoms with E-state index in [1.54, 1.807) is 13.0 Å². The van der Waals surface area contributed by atoms with Crippen molar-refractivity contribution in [3.05, 3.63) is 71.5 Å². The van der Waals surface area contributed by atoms with E-state index in [2.05, 4.69) is 15.3 Å². The highest BCUT2D eigenvalue weighted by Crippen LogP contribution is 2.46. The summed E-state index contributed by atoms with van der Waals surface area (Å²) in [5.74, 6) is -1.73. The molecular formula is C27H28F3N3O3. The van der Waals surface area contributed by atoms with Crippen LogP contribution in [0.3, 0.4) is 0 Å². The predicted octanol–water partition coefficient (Wildman–Crippen LogP) is 6.31. The first kappa shape index (κ1) is 25.6. The van der Waals surface area contributed by atoms with E-state index in [-0.39, 0.29) is 11.9 Å². The first-order valence-corrected chi connectivity index (χ1v) is 11.8. The predicted molar refractivity (Wildman–Crippen MR) is 130 cm³/mol. The van der Waals surface area contributed by atoms with E-state index in [4.69, 9.17) is 0 Å². The van der Waals surface area contributed by atoms with Crippen LogP contribution in [0, 0.1) is 18.8 Å². The minimum atomic E-state index is -4.63. The van der Waals surface area contributed by atoms with Crippen LogP contribution in [0.5, 0.6) is 0 Å². The molecule has 1 fully saturated rings. The lowest BCUT2D eigenvalue weighted by molar-refractivity contribution is -0.144. The maximum atomic E-state index is 13.3. The minimum absolute atomic E-state index is 0.225. The molecule has 6 nitrogen and oxygen atoms in total. The fraction of sp³-hybridized carbons (Fsp3) is 0.370. The molecule has 190 valence electrons. The Morgan fingerprint density at radius 2 is 1.69 bits per heavy atom. The highest BCUT2D eigenvalue weighted by Gasteiger charge is 2.40. The number of rotatable bonds is 6. The van der Waals surface area contributed by atoms with Crippen LogP contribution in [0.1, 0.15) is 49.4 Å². The topological polar surface area (TPSA) is 95.3 Å². The van der Waals surface area contributed by atoms with Gasteiger partial charge in [0.2, 0.25) is 5.95 Å². The van der Waals surface area contributed by atoms with Crippen LogP contribution in [0.2, 0.25) is 0 Å². The largest absolute Gasteiger partial charge is 0.481 e. The monoisotopic (exact) mass is 499 g/mol. The van der Waals surface area contributed by atoms with Gasteiger partial charge in [-0.05, 0) is 74.3 Å². The number of nitrogens with zero attached hydrogens (tertiary/aromatic N) is 2. The Labute approximate surface area is 207 Å². The van der Waals surface area contributed by atoms with Crippen LogP contribution < -0.4 is 5.32 Å². The first-order chi connectivity index (χ1) is 17.0. The molecule has 0 amide bonds. The summed E-state index contributed by atoms with van der Waals surface area (Å²) in [4.78, 5) is 19.0. The number of carboxylic acids is 1. The van der Waals surface area contributed by atoms with Gasteiger partial charge in [0.15, 0.2) is 0 Å². The third kappa shape index (κ3) is 5.36.